The van der Waals surface area contributed by atoms with Crippen molar-refractivity contribution in [3.63, 3.8) is 0 Å². The van der Waals surface area contributed by atoms with Gasteiger partial charge in [0.25, 0.3) is 0 Å². The summed E-state index contributed by atoms with van der Waals surface area (Å²) in [6.07, 6.45) is 0. The molecule has 0 aliphatic carbocycles. The summed E-state index contributed by atoms with van der Waals surface area (Å²) in [7, 11) is 1.58. The molecule has 0 radical (unpaired) electrons. The van der Waals surface area contributed by atoms with Gasteiger partial charge in [-0.1, -0.05) is 0 Å². The molecule has 4 nitrogen and oxygen atoms in total. The number of methoxy groups -OCH3 is 1. The van der Waals surface area contributed by atoms with Crippen LogP contribution >= 0.6 is 22.6 Å². The molecule has 2 aromatic carbocycles. The van der Waals surface area contributed by atoms with Crippen molar-refractivity contribution in [1.82, 2.24) is 0 Å². The predicted octanol–water partition coefficient (Wildman–Crippen LogP) is 4.31. The van der Waals surface area contributed by atoms with Gasteiger partial charge >= 0.3 is 0 Å². The number of hydrogen-bond acceptors (Lipinski definition) is 4. The van der Waals surface area contributed by atoms with Gasteiger partial charge in [0, 0.05) is 9.64 Å². The smallest absolute Gasteiger partial charge is 0.235 e. The van der Waals surface area contributed by atoms with E-state index in [2.05, 4.69) is 22.6 Å². The van der Waals surface area contributed by atoms with E-state index in [1.807, 2.05) is 18.2 Å². The van der Waals surface area contributed by atoms with Gasteiger partial charge in [0.2, 0.25) is 11.0 Å². The van der Waals surface area contributed by atoms with Crippen LogP contribution < -0.4 is 10.2 Å². The van der Waals surface area contributed by atoms with E-state index in [0.29, 0.717) is 27.9 Å². The number of rotatable bonds is 1. The van der Waals surface area contributed by atoms with Crippen molar-refractivity contribution in [2.75, 3.05) is 7.11 Å². The Morgan fingerprint density at radius 2 is 1.76 bits per heavy atom. The Morgan fingerprint density at radius 1 is 0.952 bits per heavy atom. The Kier molecular flexibility index (Phi) is 2.72. The first-order chi connectivity index (χ1) is 10.2. The molecule has 0 amide bonds. The molecule has 104 valence electrons. The monoisotopic (exact) mass is 392 g/mol. The lowest BCUT2D eigenvalue weighted by Gasteiger charge is -2.01. The third-order valence-corrected chi connectivity index (χ3v) is 4.13. The molecule has 0 unspecified atom stereocenters. The highest BCUT2D eigenvalue weighted by molar-refractivity contribution is 14.1. The van der Waals surface area contributed by atoms with Gasteiger partial charge in [-0.15, -0.1) is 0 Å². The van der Waals surface area contributed by atoms with Crippen LogP contribution in [0.4, 0.5) is 0 Å². The SMILES string of the molecule is COc1ccc2c(=O)c3oc4ccc(I)cc4c3oc2c1. The number of benzene rings is 2. The first kappa shape index (κ1) is 12.7. The van der Waals surface area contributed by atoms with Crippen LogP contribution in [0.1, 0.15) is 0 Å². The summed E-state index contributed by atoms with van der Waals surface area (Å²) in [5, 5.41) is 1.29. The molecule has 0 aliphatic heterocycles. The molecule has 0 spiro atoms. The molecule has 0 saturated heterocycles. The molecule has 4 rings (SSSR count). The second kappa shape index (κ2) is 4.49. The molecule has 0 aliphatic rings. The molecule has 2 aromatic heterocycles. The number of fused-ring (bicyclic) bond motifs is 4. The van der Waals surface area contributed by atoms with Gasteiger partial charge in [-0.05, 0) is 52.9 Å². The van der Waals surface area contributed by atoms with Crippen molar-refractivity contribution >= 4 is 55.7 Å². The molecule has 5 heteroatoms. The van der Waals surface area contributed by atoms with Gasteiger partial charge in [-0.2, -0.15) is 0 Å². The average Bonchev–Trinajstić information content (AvgIpc) is 2.85. The van der Waals surface area contributed by atoms with Gasteiger partial charge in [0.1, 0.15) is 16.9 Å². The largest absolute Gasteiger partial charge is 0.497 e. The summed E-state index contributed by atoms with van der Waals surface area (Å²) in [6, 6.07) is 10.8. The Labute approximate surface area is 132 Å². The number of hydrogen-bond donors (Lipinski definition) is 0. The van der Waals surface area contributed by atoms with Crippen LogP contribution in [0.5, 0.6) is 5.75 Å². The molecule has 0 bridgehead atoms. The molecule has 0 N–H and O–H groups in total. The summed E-state index contributed by atoms with van der Waals surface area (Å²) in [5.74, 6) is 0.646. The Balaban J connectivity index is 2.23. The van der Waals surface area contributed by atoms with Crippen molar-refractivity contribution < 1.29 is 13.6 Å². The fraction of sp³-hybridized carbons (Fsp3) is 0.0625. The van der Waals surface area contributed by atoms with E-state index in [-0.39, 0.29) is 11.0 Å². The van der Waals surface area contributed by atoms with Crippen LogP contribution in [-0.4, -0.2) is 7.11 Å². The van der Waals surface area contributed by atoms with Gasteiger partial charge in [0.05, 0.1) is 17.9 Å². The van der Waals surface area contributed by atoms with Gasteiger partial charge < -0.3 is 13.6 Å². The van der Waals surface area contributed by atoms with Crippen molar-refractivity contribution in [3.8, 4) is 5.75 Å². The Morgan fingerprint density at radius 3 is 2.57 bits per heavy atom. The predicted molar refractivity (Wildman–Crippen MR) is 89.0 cm³/mol. The highest BCUT2D eigenvalue weighted by Crippen LogP contribution is 2.31. The van der Waals surface area contributed by atoms with E-state index in [0.717, 1.165) is 8.96 Å². The molecule has 2 heterocycles. The number of halogens is 1. The Bertz CT molecular complexity index is 1060. The van der Waals surface area contributed by atoms with E-state index in [1.54, 1.807) is 25.3 Å². The molecule has 0 saturated carbocycles. The minimum Gasteiger partial charge on any atom is -0.497 e. The third-order valence-electron chi connectivity index (χ3n) is 3.46. The topological polar surface area (TPSA) is 52.6 Å². The second-order valence-electron chi connectivity index (χ2n) is 4.69. The maximum atomic E-state index is 12.5. The van der Waals surface area contributed by atoms with Crippen molar-refractivity contribution in [2.45, 2.75) is 0 Å². The van der Waals surface area contributed by atoms with E-state index in [1.165, 1.54) is 0 Å². The van der Waals surface area contributed by atoms with Gasteiger partial charge in [-0.3, -0.25) is 4.79 Å². The maximum Gasteiger partial charge on any atom is 0.235 e. The minimum absolute atomic E-state index is 0.167. The number of furan rings is 1. The highest BCUT2D eigenvalue weighted by atomic mass is 127. The first-order valence-corrected chi connectivity index (χ1v) is 7.38. The number of ether oxygens (including phenoxy) is 1. The lowest BCUT2D eigenvalue weighted by Crippen LogP contribution is -2.00. The normalized spacial score (nSPS) is 11.5. The van der Waals surface area contributed by atoms with Gasteiger partial charge in [-0.25, -0.2) is 0 Å². The first-order valence-electron chi connectivity index (χ1n) is 6.30. The molecular formula is C16H9IO4. The summed E-state index contributed by atoms with van der Waals surface area (Å²) in [5.41, 5.74) is 1.71. The van der Waals surface area contributed by atoms with Crippen LogP contribution in [0.3, 0.4) is 0 Å². The average molecular weight is 392 g/mol. The Hall–Kier alpha value is -2.02. The zero-order valence-corrected chi connectivity index (χ0v) is 13.1. The fourth-order valence-electron chi connectivity index (χ4n) is 2.43. The van der Waals surface area contributed by atoms with E-state index >= 15 is 0 Å². The maximum absolute atomic E-state index is 12.5. The quantitative estimate of drug-likeness (QED) is 0.453. The van der Waals surface area contributed by atoms with Crippen LogP contribution in [0.25, 0.3) is 33.1 Å². The highest BCUT2D eigenvalue weighted by Gasteiger charge is 2.16. The second-order valence-corrected chi connectivity index (χ2v) is 5.94. The summed E-state index contributed by atoms with van der Waals surface area (Å²) in [6.45, 7) is 0. The van der Waals surface area contributed by atoms with Crippen LogP contribution in [0.15, 0.2) is 50.0 Å². The van der Waals surface area contributed by atoms with E-state index < -0.39 is 0 Å². The standard InChI is InChI=1S/C16H9IO4/c1-19-9-3-4-10-13(7-9)21-15-11-6-8(17)2-5-12(11)20-16(15)14(10)18/h2-7H,1H3. The lowest BCUT2D eigenvalue weighted by atomic mass is 10.2. The zero-order valence-electron chi connectivity index (χ0n) is 11.0. The van der Waals surface area contributed by atoms with E-state index in [9.17, 15) is 4.79 Å². The molecular weight excluding hydrogens is 383 g/mol. The molecule has 4 aromatic rings. The summed E-state index contributed by atoms with van der Waals surface area (Å²) >= 11 is 2.21. The molecule has 21 heavy (non-hydrogen) atoms. The molecule has 0 fully saturated rings. The van der Waals surface area contributed by atoms with Crippen molar-refractivity contribution in [2.24, 2.45) is 0 Å². The summed E-state index contributed by atoms with van der Waals surface area (Å²) in [4.78, 5) is 12.5. The minimum atomic E-state index is -0.167. The van der Waals surface area contributed by atoms with Crippen LogP contribution in [0.2, 0.25) is 0 Å². The van der Waals surface area contributed by atoms with Crippen LogP contribution in [-0.2, 0) is 0 Å². The lowest BCUT2D eigenvalue weighted by molar-refractivity contribution is 0.414. The fourth-order valence-corrected chi connectivity index (χ4v) is 2.92. The van der Waals surface area contributed by atoms with E-state index in [4.69, 9.17) is 13.6 Å². The van der Waals surface area contributed by atoms with Gasteiger partial charge in [0.15, 0.2) is 5.58 Å². The third kappa shape index (κ3) is 1.84. The van der Waals surface area contributed by atoms with Crippen LogP contribution in [0, 0.1) is 3.57 Å². The molecule has 0 atom stereocenters. The zero-order chi connectivity index (χ0) is 14.6. The van der Waals surface area contributed by atoms with Crippen molar-refractivity contribution in [3.05, 3.63) is 50.2 Å². The van der Waals surface area contributed by atoms with Crippen molar-refractivity contribution in [1.29, 1.82) is 0 Å². The summed E-state index contributed by atoms with van der Waals surface area (Å²) < 4.78 is 17.8.